The van der Waals surface area contributed by atoms with E-state index in [1.807, 2.05) is 57.2 Å². The second kappa shape index (κ2) is 13.8. The van der Waals surface area contributed by atoms with Crippen LogP contribution in [-0.4, -0.2) is 23.2 Å². The summed E-state index contributed by atoms with van der Waals surface area (Å²) in [6, 6.07) is 0. The Kier molecular flexibility index (Phi) is 12.7. The lowest BCUT2D eigenvalue weighted by Gasteiger charge is -2.24. The van der Waals surface area contributed by atoms with Gasteiger partial charge in [0.25, 0.3) is 0 Å². The van der Waals surface area contributed by atoms with E-state index in [1.54, 1.807) is 6.08 Å². The van der Waals surface area contributed by atoms with E-state index in [-0.39, 0.29) is 12.5 Å². The number of rotatable bonds is 11. The molecule has 0 saturated heterocycles. The number of hydrogen-bond acceptors (Lipinski definition) is 2. The van der Waals surface area contributed by atoms with Crippen molar-refractivity contribution in [2.75, 3.05) is 6.54 Å². The molecule has 0 fully saturated rings. The molecular formula is C20H31NO2. The number of nitrogens with one attached hydrogen (secondary N) is 1. The molecule has 0 aromatic carbocycles. The van der Waals surface area contributed by atoms with Crippen LogP contribution in [0.1, 0.15) is 46.5 Å². The smallest absolute Gasteiger partial charge is 0.244 e. The molecule has 0 saturated carbocycles. The highest BCUT2D eigenvalue weighted by molar-refractivity contribution is 5.87. The first-order chi connectivity index (χ1) is 11.1. The van der Waals surface area contributed by atoms with Crippen LogP contribution < -0.4 is 5.32 Å². The molecule has 0 spiro atoms. The number of amides is 1. The van der Waals surface area contributed by atoms with Crippen molar-refractivity contribution in [3.8, 4) is 0 Å². The molecule has 2 N–H and O–H groups in total. The van der Waals surface area contributed by atoms with Gasteiger partial charge in [-0.25, -0.2) is 0 Å². The van der Waals surface area contributed by atoms with E-state index < -0.39 is 5.60 Å². The predicted octanol–water partition coefficient (Wildman–Crippen LogP) is 4.23. The van der Waals surface area contributed by atoms with E-state index in [0.717, 1.165) is 12.8 Å². The van der Waals surface area contributed by atoms with Crippen LogP contribution in [0, 0.1) is 0 Å². The maximum atomic E-state index is 11.6. The van der Waals surface area contributed by atoms with Gasteiger partial charge in [0.15, 0.2) is 0 Å². The Morgan fingerprint density at radius 1 is 0.957 bits per heavy atom. The average molecular weight is 317 g/mol. The molecule has 0 unspecified atom stereocenters. The van der Waals surface area contributed by atoms with Gasteiger partial charge in [-0.15, -0.1) is 0 Å². The number of hydrogen-bond donors (Lipinski definition) is 2. The zero-order valence-corrected chi connectivity index (χ0v) is 14.7. The zero-order chi connectivity index (χ0) is 17.4. The van der Waals surface area contributed by atoms with Crippen LogP contribution in [0.3, 0.4) is 0 Å². The van der Waals surface area contributed by atoms with Crippen molar-refractivity contribution in [2.24, 2.45) is 0 Å². The van der Waals surface area contributed by atoms with Crippen molar-refractivity contribution >= 4 is 5.91 Å². The average Bonchev–Trinajstić information content (AvgIpc) is 2.57. The Labute approximate surface area is 141 Å². The molecular weight excluding hydrogens is 286 g/mol. The van der Waals surface area contributed by atoms with Gasteiger partial charge in [0.05, 0.1) is 5.60 Å². The molecule has 0 heterocycles. The van der Waals surface area contributed by atoms with Gasteiger partial charge >= 0.3 is 0 Å². The second-order valence-corrected chi connectivity index (χ2v) is 5.35. The molecule has 23 heavy (non-hydrogen) atoms. The van der Waals surface area contributed by atoms with Gasteiger partial charge in [-0.3, -0.25) is 4.79 Å². The number of allylic oxidation sites excluding steroid dienone is 9. The highest BCUT2D eigenvalue weighted by Gasteiger charge is 2.21. The fraction of sp³-hybridized carbons (Fsp3) is 0.450. The lowest BCUT2D eigenvalue weighted by atomic mass is 9.98. The van der Waals surface area contributed by atoms with E-state index >= 15 is 0 Å². The van der Waals surface area contributed by atoms with Crippen LogP contribution >= 0.6 is 0 Å². The molecule has 0 rings (SSSR count). The Balaban J connectivity index is 3.93. The largest absolute Gasteiger partial charge is 0.388 e. The maximum Gasteiger partial charge on any atom is 0.244 e. The van der Waals surface area contributed by atoms with Gasteiger partial charge in [-0.1, -0.05) is 68.5 Å². The van der Waals surface area contributed by atoms with Crippen LogP contribution in [0.5, 0.6) is 0 Å². The molecule has 0 aliphatic heterocycles. The molecule has 0 aliphatic rings. The van der Waals surface area contributed by atoms with Crippen molar-refractivity contribution < 1.29 is 9.90 Å². The normalized spacial score (nSPS) is 13.4. The summed E-state index contributed by atoms with van der Waals surface area (Å²) in [4.78, 5) is 11.6. The molecule has 0 aliphatic carbocycles. The highest BCUT2D eigenvalue weighted by Crippen LogP contribution is 2.12. The standard InChI is InChI=1S/C20H31NO2/c1-4-7-8-9-10-11-12-13-14-15-16-17-19(22)21-18-20(23,5-2)6-3/h4,7-9,12-17,23H,5-6,10-11,18H2,1-3H3,(H,21,22). The number of carbonyl (C=O) groups excluding carboxylic acids is 1. The van der Waals surface area contributed by atoms with Gasteiger partial charge in [-0.05, 0) is 32.6 Å². The summed E-state index contributed by atoms with van der Waals surface area (Å²) in [5.74, 6) is -0.187. The second-order valence-electron chi connectivity index (χ2n) is 5.35. The zero-order valence-electron chi connectivity index (χ0n) is 14.7. The van der Waals surface area contributed by atoms with Crippen LogP contribution in [0.25, 0.3) is 0 Å². The van der Waals surface area contributed by atoms with Gasteiger partial charge in [0.2, 0.25) is 5.91 Å². The lowest BCUT2D eigenvalue weighted by molar-refractivity contribution is -0.117. The third kappa shape index (κ3) is 12.4. The predicted molar refractivity (Wildman–Crippen MR) is 99.1 cm³/mol. The number of unbranched alkanes of at least 4 members (excludes halogenated alkanes) is 1. The van der Waals surface area contributed by atoms with Crippen molar-refractivity contribution in [3.05, 3.63) is 60.8 Å². The lowest BCUT2D eigenvalue weighted by Crippen LogP contribution is -2.41. The van der Waals surface area contributed by atoms with Crippen LogP contribution in [0.15, 0.2) is 60.8 Å². The molecule has 3 heteroatoms. The summed E-state index contributed by atoms with van der Waals surface area (Å²) in [5, 5.41) is 12.8. The van der Waals surface area contributed by atoms with E-state index in [2.05, 4.69) is 17.5 Å². The third-order valence-electron chi connectivity index (χ3n) is 3.56. The van der Waals surface area contributed by atoms with Gasteiger partial charge in [0.1, 0.15) is 0 Å². The SMILES string of the molecule is CC=CC=CCCC=CC=CC=CC(=O)NCC(O)(CC)CC. The summed E-state index contributed by atoms with van der Waals surface area (Å²) in [6.07, 6.45) is 22.4. The van der Waals surface area contributed by atoms with Crippen molar-refractivity contribution in [2.45, 2.75) is 52.1 Å². The van der Waals surface area contributed by atoms with E-state index in [0.29, 0.717) is 12.8 Å². The first-order valence-corrected chi connectivity index (χ1v) is 8.36. The van der Waals surface area contributed by atoms with E-state index in [1.165, 1.54) is 6.08 Å². The van der Waals surface area contributed by atoms with Crippen LogP contribution in [0.4, 0.5) is 0 Å². The van der Waals surface area contributed by atoms with E-state index in [4.69, 9.17) is 0 Å². The van der Waals surface area contributed by atoms with E-state index in [9.17, 15) is 9.90 Å². The Bertz CT molecular complexity index is 452. The summed E-state index contributed by atoms with van der Waals surface area (Å²) in [6.45, 7) is 6.11. The number of aliphatic hydroxyl groups is 1. The molecule has 128 valence electrons. The Hall–Kier alpha value is -1.87. The first kappa shape index (κ1) is 21.1. The first-order valence-electron chi connectivity index (χ1n) is 8.36. The Morgan fingerprint density at radius 2 is 1.52 bits per heavy atom. The van der Waals surface area contributed by atoms with Gasteiger partial charge < -0.3 is 10.4 Å². The minimum atomic E-state index is -0.802. The van der Waals surface area contributed by atoms with Gasteiger partial charge in [-0.2, -0.15) is 0 Å². The monoisotopic (exact) mass is 317 g/mol. The van der Waals surface area contributed by atoms with Crippen molar-refractivity contribution in [3.63, 3.8) is 0 Å². The highest BCUT2D eigenvalue weighted by atomic mass is 16.3. The fourth-order valence-electron chi connectivity index (χ4n) is 1.73. The summed E-state index contributed by atoms with van der Waals surface area (Å²) in [7, 11) is 0. The molecule has 0 aromatic rings. The van der Waals surface area contributed by atoms with Crippen LogP contribution in [0.2, 0.25) is 0 Å². The summed E-state index contributed by atoms with van der Waals surface area (Å²) in [5.41, 5.74) is -0.802. The molecule has 3 nitrogen and oxygen atoms in total. The summed E-state index contributed by atoms with van der Waals surface area (Å²) >= 11 is 0. The summed E-state index contributed by atoms with van der Waals surface area (Å²) < 4.78 is 0. The Morgan fingerprint density at radius 3 is 2.09 bits per heavy atom. The quantitative estimate of drug-likeness (QED) is 0.340. The minimum Gasteiger partial charge on any atom is -0.388 e. The molecule has 1 amide bonds. The van der Waals surface area contributed by atoms with Crippen LogP contribution in [-0.2, 0) is 4.79 Å². The van der Waals surface area contributed by atoms with Gasteiger partial charge in [0, 0.05) is 12.6 Å². The molecule has 0 radical (unpaired) electrons. The third-order valence-corrected chi connectivity index (χ3v) is 3.56. The van der Waals surface area contributed by atoms with Crippen molar-refractivity contribution in [1.82, 2.24) is 5.32 Å². The molecule has 0 atom stereocenters. The minimum absolute atomic E-state index is 0.187. The number of carbonyl (C=O) groups is 1. The van der Waals surface area contributed by atoms with Crippen molar-refractivity contribution in [1.29, 1.82) is 0 Å². The maximum absolute atomic E-state index is 11.6. The molecule has 0 bridgehead atoms. The molecule has 0 aromatic heterocycles. The topological polar surface area (TPSA) is 49.3 Å². The fourth-order valence-corrected chi connectivity index (χ4v) is 1.73.